The van der Waals surface area contributed by atoms with E-state index in [1.807, 2.05) is 30.3 Å². The number of esters is 1. The van der Waals surface area contributed by atoms with Gasteiger partial charge in [0.1, 0.15) is 12.4 Å². The zero-order valence-electron chi connectivity index (χ0n) is 10.3. The summed E-state index contributed by atoms with van der Waals surface area (Å²) in [6.45, 7) is 0.0602. The topological polar surface area (TPSA) is 46.5 Å². The number of para-hydroxylation sites is 1. The molecule has 2 rings (SSSR count). The fraction of sp³-hybridized carbons (Fsp3) is 0.0625. The van der Waals surface area contributed by atoms with Crippen molar-refractivity contribution in [3.05, 3.63) is 71.8 Å². The van der Waals surface area contributed by atoms with Crippen LogP contribution in [0.4, 0.5) is 0 Å². The van der Waals surface area contributed by atoms with Crippen LogP contribution in [0.25, 0.3) is 6.08 Å². The molecule has 0 saturated heterocycles. The normalized spacial score (nSPS) is 10.5. The minimum absolute atomic E-state index is 0.0602. The standard InChI is InChI=1S/C16H14O3/c17-15-9-5-4-8-14(15)12-19-16(18)11-10-13-6-2-1-3-7-13/h1-11,17H,12H2/b11-10+. The molecule has 19 heavy (non-hydrogen) atoms. The lowest BCUT2D eigenvalue weighted by Crippen LogP contribution is -2.00. The van der Waals surface area contributed by atoms with Crippen molar-refractivity contribution >= 4 is 12.0 Å². The molecule has 0 aromatic heterocycles. The maximum Gasteiger partial charge on any atom is 0.331 e. The fourth-order valence-corrected chi connectivity index (χ4v) is 1.56. The summed E-state index contributed by atoms with van der Waals surface area (Å²) in [5.41, 5.74) is 1.52. The average Bonchev–Trinajstić information content (AvgIpc) is 2.45. The minimum atomic E-state index is -0.438. The lowest BCUT2D eigenvalue weighted by Gasteiger charge is -2.04. The third-order valence-electron chi connectivity index (χ3n) is 2.57. The van der Waals surface area contributed by atoms with Crippen LogP contribution >= 0.6 is 0 Å². The summed E-state index contributed by atoms with van der Waals surface area (Å²) in [4.78, 5) is 11.5. The van der Waals surface area contributed by atoms with Gasteiger partial charge >= 0.3 is 5.97 Å². The van der Waals surface area contributed by atoms with Gasteiger partial charge in [-0.3, -0.25) is 0 Å². The molecule has 0 unspecified atom stereocenters. The van der Waals surface area contributed by atoms with Crippen LogP contribution in [0, 0.1) is 0 Å². The molecule has 0 fully saturated rings. The Bertz CT molecular complexity index is 574. The van der Waals surface area contributed by atoms with Gasteiger partial charge in [-0.05, 0) is 17.7 Å². The highest BCUT2D eigenvalue weighted by molar-refractivity contribution is 5.87. The van der Waals surface area contributed by atoms with E-state index >= 15 is 0 Å². The molecule has 1 N–H and O–H groups in total. The third kappa shape index (κ3) is 4.00. The average molecular weight is 254 g/mol. The Hall–Kier alpha value is -2.55. The Morgan fingerprint density at radius 1 is 1.05 bits per heavy atom. The largest absolute Gasteiger partial charge is 0.508 e. The molecule has 0 aliphatic rings. The Kier molecular flexibility index (Phi) is 4.34. The van der Waals surface area contributed by atoms with Crippen LogP contribution in [-0.4, -0.2) is 11.1 Å². The monoisotopic (exact) mass is 254 g/mol. The van der Waals surface area contributed by atoms with Gasteiger partial charge in [-0.2, -0.15) is 0 Å². The van der Waals surface area contributed by atoms with E-state index in [4.69, 9.17) is 4.74 Å². The zero-order chi connectivity index (χ0) is 13.5. The minimum Gasteiger partial charge on any atom is -0.508 e. The van der Waals surface area contributed by atoms with Gasteiger partial charge in [-0.25, -0.2) is 4.79 Å². The number of carbonyl (C=O) groups is 1. The Morgan fingerprint density at radius 3 is 2.47 bits per heavy atom. The second kappa shape index (κ2) is 6.40. The number of aromatic hydroxyl groups is 1. The van der Waals surface area contributed by atoms with Gasteiger partial charge in [-0.1, -0.05) is 48.5 Å². The highest BCUT2D eigenvalue weighted by Crippen LogP contribution is 2.16. The lowest BCUT2D eigenvalue weighted by atomic mass is 10.2. The smallest absolute Gasteiger partial charge is 0.331 e. The summed E-state index contributed by atoms with van der Waals surface area (Å²) in [6.07, 6.45) is 3.06. The molecule has 0 spiro atoms. The van der Waals surface area contributed by atoms with Crippen molar-refractivity contribution in [3.8, 4) is 5.75 Å². The fourth-order valence-electron chi connectivity index (χ4n) is 1.56. The highest BCUT2D eigenvalue weighted by Gasteiger charge is 2.02. The Balaban J connectivity index is 1.89. The summed E-state index contributed by atoms with van der Waals surface area (Å²) in [5.74, 6) is -0.311. The van der Waals surface area contributed by atoms with Gasteiger partial charge in [-0.15, -0.1) is 0 Å². The molecule has 3 nitrogen and oxygen atoms in total. The molecule has 96 valence electrons. The first-order valence-electron chi connectivity index (χ1n) is 5.92. The molecule has 0 atom stereocenters. The molecule has 0 bridgehead atoms. The van der Waals surface area contributed by atoms with E-state index in [1.165, 1.54) is 6.08 Å². The number of hydrogen-bond donors (Lipinski definition) is 1. The van der Waals surface area contributed by atoms with E-state index in [9.17, 15) is 9.90 Å². The van der Waals surface area contributed by atoms with Gasteiger partial charge in [0.25, 0.3) is 0 Å². The number of rotatable bonds is 4. The number of hydrogen-bond acceptors (Lipinski definition) is 3. The van der Waals surface area contributed by atoms with Gasteiger partial charge in [0, 0.05) is 11.6 Å². The van der Waals surface area contributed by atoms with Gasteiger partial charge in [0.15, 0.2) is 0 Å². The van der Waals surface area contributed by atoms with Crippen molar-refractivity contribution in [1.29, 1.82) is 0 Å². The van der Waals surface area contributed by atoms with Crippen molar-refractivity contribution in [2.45, 2.75) is 6.61 Å². The van der Waals surface area contributed by atoms with Crippen LogP contribution in [0.1, 0.15) is 11.1 Å². The summed E-state index contributed by atoms with van der Waals surface area (Å²) < 4.78 is 5.04. The summed E-state index contributed by atoms with van der Waals surface area (Å²) in [5, 5.41) is 9.52. The Labute approximate surface area is 111 Å². The number of phenols is 1. The number of benzene rings is 2. The van der Waals surface area contributed by atoms with Crippen molar-refractivity contribution in [3.63, 3.8) is 0 Å². The third-order valence-corrected chi connectivity index (χ3v) is 2.57. The maximum absolute atomic E-state index is 11.5. The molecule has 3 heteroatoms. The molecule has 0 aliphatic carbocycles. The van der Waals surface area contributed by atoms with E-state index < -0.39 is 5.97 Å². The van der Waals surface area contributed by atoms with Crippen LogP contribution in [0.5, 0.6) is 5.75 Å². The Morgan fingerprint density at radius 2 is 1.74 bits per heavy atom. The summed E-state index contributed by atoms with van der Waals surface area (Å²) >= 11 is 0. The molecule has 2 aromatic rings. The zero-order valence-corrected chi connectivity index (χ0v) is 10.3. The van der Waals surface area contributed by atoms with E-state index in [0.717, 1.165) is 5.56 Å². The van der Waals surface area contributed by atoms with Crippen LogP contribution in [0.15, 0.2) is 60.7 Å². The van der Waals surface area contributed by atoms with E-state index in [-0.39, 0.29) is 12.4 Å². The van der Waals surface area contributed by atoms with E-state index in [1.54, 1.807) is 30.3 Å². The number of phenolic OH excluding ortho intramolecular Hbond substituents is 1. The van der Waals surface area contributed by atoms with Gasteiger partial charge in [0.2, 0.25) is 0 Å². The molecule has 0 aliphatic heterocycles. The maximum atomic E-state index is 11.5. The molecule has 0 saturated carbocycles. The lowest BCUT2D eigenvalue weighted by molar-refractivity contribution is -0.138. The van der Waals surface area contributed by atoms with E-state index in [0.29, 0.717) is 5.56 Å². The molecule has 0 radical (unpaired) electrons. The predicted octanol–water partition coefficient (Wildman–Crippen LogP) is 3.15. The first-order valence-corrected chi connectivity index (χ1v) is 5.92. The van der Waals surface area contributed by atoms with Crippen molar-refractivity contribution in [2.24, 2.45) is 0 Å². The second-order valence-corrected chi connectivity index (χ2v) is 3.98. The van der Waals surface area contributed by atoms with Crippen LogP contribution in [-0.2, 0) is 16.1 Å². The molecular formula is C16H14O3. The van der Waals surface area contributed by atoms with Crippen molar-refractivity contribution in [1.82, 2.24) is 0 Å². The predicted molar refractivity (Wildman–Crippen MR) is 73.4 cm³/mol. The van der Waals surface area contributed by atoms with Crippen LogP contribution in [0.3, 0.4) is 0 Å². The van der Waals surface area contributed by atoms with Crippen molar-refractivity contribution < 1.29 is 14.6 Å². The quantitative estimate of drug-likeness (QED) is 0.673. The second-order valence-electron chi connectivity index (χ2n) is 3.98. The molecule has 0 heterocycles. The van der Waals surface area contributed by atoms with Gasteiger partial charge < -0.3 is 9.84 Å². The van der Waals surface area contributed by atoms with Crippen LogP contribution in [0.2, 0.25) is 0 Å². The molecule has 2 aromatic carbocycles. The summed E-state index contributed by atoms with van der Waals surface area (Å²) in [6, 6.07) is 16.3. The summed E-state index contributed by atoms with van der Waals surface area (Å²) in [7, 11) is 0. The molecular weight excluding hydrogens is 240 g/mol. The highest BCUT2D eigenvalue weighted by atomic mass is 16.5. The first-order chi connectivity index (χ1) is 9.25. The number of carbonyl (C=O) groups excluding carboxylic acids is 1. The first kappa shape index (κ1) is 12.9. The van der Waals surface area contributed by atoms with Crippen molar-refractivity contribution in [2.75, 3.05) is 0 Å². The number of ether oxygens (including phenoxy) is 1. The molecule has 0 amide bonds. The SMILES string of the molecule is O=C(/C=C/c1ccccc1)OCc1ccccc1O. The van der Waals surface area contributed by atoms with Crippen LogP contribution < -0.4 is 0 Å². The van der Waals surface area contributed by atoms with Gasteiger partial charge in [0.05, 0.1) is 0 Å². The van der Waals surface area contributed by atoms with E-state index in [2.05, 4.69) is 0 Å².